The fourth-order valence-corrected chi connectivity index (χ4v) is 2.57. The maximum Gasteiger partial charge on any atom is 0.238 e. The molecule has 2 atom stereocenters. The molecule has 2 saturated heterocycles. The molecule has 4 heteroatoms. The second kappa shape index (κ2) is 4.49. The van der Waals surface area contributed by atoms with Crippen molar-refractivity contribution >= 4 is 5.91 Å². The second-order valence-corrected chi connectivity index (χ2v) is 4.67. The van der Waals surface area contributed by atoms with Crippen LogP contribution in [-0.4, -0.2) is 48.6 Å². The van der Waals surface area contributed by atoms with Crippen molar-refractivity contribution in [1.82, 2.24) is 15.3 Å². The number of hydrogen-bond acceptors (Lipinski definition) is 3. The lowest BCUT2D eigenvalue weighted by Crippen LogP contribution is -2.42. The smallest absolute Gasteiger partial charge is 0.238 e. The fourth-order valence-electron chi connectivity index (χ4n) is 2.57. The summed E-state index contributed by atoms with van der Waals surface area (Å²) in [4.78, 5) is 11.8. The van der Waals surface area contributed by atoms with E-state index in [1.54, 1.807) is 0 Å². The van der Waals surface area contributed by atoms with Gasteiger partial charge in [-0.05, 0) is 31.8 Å². The van der Waals surface area contributed by atoms with Crippen molar-refractivity contribution in [1.29, 1.82) is 0 Å². The molecule has 0 aromatic carbocycles. The van der Waals surface area contributed by atoms with E-state index >= 15 is 0 Å². The third kappa shape index (κ3) is 2.16. The Morgan fingerprint density at radius 2 is 2.33 bits per heavy atom. The van der Waals surface area contributed by atoms with E-state index in [4.69, 9.17) is 0 Å². The standard InChI is InChI=1S/C11H21N3O/c1-3-10-6-11(15)14(13(10)2)8-9-4-5-12-7-9/h9-10,12H,3-8H2,1-2H3. The molecule has 0 bridgehead atoms. The van der Waals surface area contributed by atoms with Crippen molar-refractivity contribution in [3.63, 3.8) is 0 Å². The molecule has 2 aliphatic rings. The van der Waals surface area contributed by atoms with Gasteiger partial charge in [-0.3, -0.25) is 9.80 Å². The van der Waals surface area contributed by atoms with Gasteiger partial charge in [-0.2, -0.15) is 0 Å². The van der Waals surface area contributed by atoms with E-state index < -0.39 is 0 Å². The molecule has 15 heavy (non-hydrogen) atoms. The molecule has 1 amide bonds. The summed E-state index contributed by atoms with van der Waals surface area (Å²) in [5.74, 6) is 0.947. The van der Waals surface area contributed by atoms with Gasteiger partial charge in [-0.25, -0.2) is 5.01 Å². The number of hydrogen-bond donors (Lipinski definition) is 1. The van der Waals surface area contributed by atoms with E-state index in [2.05, 4.69) is 17.2 Å². The topological polar surface area (TPSA) is 35.6 Å². The number of rotatable bonds is 3. The maximum atomic E-state index is 11.8. The summed E-state index contributed by atoms with van der Waals surface area (Å²) in [5, 5.41) is 7.43. The van der Waals surface area contributed by atoms with Crippen molar-refractivity contribution < 1.29 is 4.79 Å². The maximum absolute atomic E-state index is 11.8. The predicted octanol–water partition coefficient (Wildman–Crippen LogP) is 0.454. The van der Waals surface area contributed by atoms with Crippen LogP contribution in [0.15, 0.2) is 0 Å². The number of amides is 1. The third-order valence-corrected chi connectivity index (χ3v) is 3.67. The molecular formula is C11H21N3O. The van der Waals surface area contributed by atoms with Crippen LogP contribution < -0.4 is 5.32 Å². The Bertz CT molecular complexity index is 238. The number of carbonyl (C=O) groups is 1. The van der Waals surface area contributed by atoms with Crippen LogP contribution in [0.4, 0.5) is 0 Å². The minimum atomic E-state index is 0.302. The summed E-state index contributed by atoms with van der Waals surface area (Å²) in [5.41, 5.74) is 0. The number of hydrazine groups is 1. The van der Waals surface area contributed by atoms with Gasteiger partial charge >= 0.3 is 0 Å². The molecule has 0 aromatic rings. The normalized spacial score (nSPS) is 32.9. The second-order valence-electron chi connectivity index (χ2n) is 4.67. The molecule has 2 aliphatic heterocycles. The van der Waals surface area contributed by atoms with Crippen LogP contribution in [-0.2, 0) is 4.79 Å². The van der Waals surface area contributed by atoms with Crippen LogP contribution >= 0.6 is 0 Å². The molecule has 4 nitrogen and oxygen atoms in total. The van der Waals surface area contributed by atoms with Gasteiger partial charge in [0.05, 0.1) is 0 Å². The van der Waals surface area contributed by atoms with Gasteiger partial charge in [0.15, 0.2) is 0 Å². The molecule has 1 N–H and O–H groups in total. The Morgan fingerprint density at radius 3 is 2.87 bits per heavy atom. The predicted molar refractivity (Wildman–Crippen MR) is 59.1 cm³/mol. The minimum Gasteiger partial charge on any atom is -0.316 e. The Labute approximate surface area is 91.6 Å². The first-order valence-corrected chi connectivity index (χ1v) is 5.96. The highest BCUT2D eigenvalue weighted by atomic mass is 16.2. The Hall–Kier alpha value is -0.610. The first-order valence-electron chi connectivity index (χ1n) is 5.96. The van der Waals surface area contributed by atoms with E-state index in [9.17, 15) is 4.79 Å². The van der Waals surface area contributed by atoms with Gasteiger partial charge in [-0.1, -0.05) is 6.92 Å². The van der Waals surface area contributed by atoms with E-state index in [0.29, 0.717) is 24.3 Å². The van der Waals surface area contributed by atoms with Gasteiger partial charge in [0.25, 0.3) is 0 Å². The molecule has 86 valence electrons. The molecule has 0 radical (unpaired) electrons. The molecular weight excluding hydrogens is 190 g/mol. The van der Waals surface area contributed by atoms with Crippen molar-refractivity contribution in [2.75, 3.05) is 26.7 Å². The summed E-state index contributed by atoms with van der Waals surface area (Å²) in [6.07, 6.45) is 2.96. The van der Waals surface area contributed by atoms with Crippen molar-refractivity contribution in [2.24, 2.45) is 5.92 Å². The van der Waals surface area contributed by atoms with Crippen LogP contribution in [0.1, 0.15) is 26.2 Å². The summed E-state index contributed by atoms with van der Waals surface area (Å²) in [6.45, 7) is 5.22. The van der Waals surface area contributed by atoms with E-state index in [-0.39, 0.29) is 0 Å². The van der Waals surface area contributed by atoms with Crippen LogP contribution in [0.25, 0.3) is 0 Å². The molecule has 0 aromatic heterocycles. The van der Waals surface area contributed by atoms with E-state index in [0.717, 1.165) is 26.1 Å². The quantitative estimate of drug-likeness (QED) is 0.736. The largest absolute Gasteiger partial charge is 0.316 e. The Balaban J connectivity index is 1.93. The lowest BCUT2D eigenvalue weighted by atomic mass is 10.1. The molecule has 2 rings (SSSR count). The van der Waals surface area contributed by atoms with Gasteiger partial charge in [0.2, 0.25) is 5.91 Å². The van der Waals surface area contributed by atoms with Gasteiger partial charge in [0, 0.05) is 26.1 Å². The van der Waals surface area contributed by atoms with Crippen LogP contribution in [0.3, 0.4) is 0 Å². The van der Waals surface area contributed by atoms with Crippen molar-refractivity contribution in [2.45, 2.75) is 32.2 Å². The lowest BCUT2D eigenvalue weighted by molar-refractivity contribution is -0.138. The minimum absolute atomic E-state index is 0.302. The molecule has 2 fully saturated rings. The zero-order chi connectivity index (χ0) is 10.8. The molecule has 0 spiro atoms. The van der Waals surface area contributed by atoms with Crippen molar-refractivity contribution in [3.8, 4) is 0 Å². The molecule has 2 heterocycles. The summed E-state index contributed by atoms with van der Waals surface area (Å²) in [7, 11) is 2.04. The molecule has 0 aliphatic carbocycles. The fraction of sp³-hybridized carbons (Fsp3) is 0.909. The highest BCUT2D eigenvalue weighted by molar-refractivity contribution is 5.78. The van der Waals surface area contributed by atoms with Crippen LogP contribution in [0, 0.1) is 5.92 Å². The first kappa shape index (κ1) is 10.9. The number of carbonyl (C=O) groups excluding carboxylic acids is 1. The average molecular weight is 211 g/mol. The highest BCUT2D eigenvalue weighted by Crippen LogP contribution is 2.22. The highest BCUT2D eigenvalue weighted by Gasteiger charge is 2.35. The number of nitrogens with one attached hydrogen (secondary N) is 1. The third-order valence-electron chi connectivity index (χ3n) is 3.67. The lowest BCUT2D eigenvalue weighted by Gasteiger charge is -2.29. The van der Waals surface area contributed by atoms with Gasteiger partial charge in [-0.15, -0.1) is 0 Å². The van der Waals surface area contributed by atoms with Crippen LogP contribution in [0.2, 0.25) is 0 Å². The van der Waals surface area contributed by atoms with Gasteiger partial charge < -0.3 is 5.32 Å². The SMILES string of the molecule is CCC1CC(=O)N(CC2CCNC2)N1C. The Kier molecular flexibility index (Phi) is 3.26. The first-order chi connectivity index (χ1) is 7.22. The van der Waals surface area contributed by atoms with Crippen molar-refractivity contribution in [3.05, 3.63) is 0 Å². The summed E-state index contributed by atoms with van der Waals surface area (Å²) in [6, 6.07) is 0.423. The van der Waals surface area contributed by atoms with E-state index in [1.807, 2.05) is 12.1 Å². The summed E-state index contributed by atoms with van der Waals surface area (Å²) < 4.78 is 0. The summed E-state index contributed by atoms with van der Waals surface area (Å²) >= 11 is 0. The average Bonchev–Trinajstić information content (AvgIpc) is 2.81. The molecule has 2 unspecified atom stereocenters. The van der Waals surface area contributed by atoms with E-state index in [1.165, 1.54) is 6.42 Å². The molecule has 0 saturated carbocycles. The Morgan fingerprint density at radius 1 is 1.53 bits per heavy atom. The zero-order valence-electron chi connectivity index (χ0n) is 9.70. The zero-order valence-corrected chi connectivity index (χ0v) is 9.70. The monoisotopic (exact) mass is 211 g/mol. The van der Waals surface area contributed by atoms with Gasteiger partial charge in [0.1, 0.15) is 0 Å². The van der Waals surface area contributed by atoms with Crippen LogP contribution in [0.5, 0.6) is 0 Å². The number of nitrogens with zero attached hydrogens (tertiary/aromatic N) is 2.